The predicted octanol–water partition coefficient (Wildman–Crippen LogP) is 1.94. The summed E-state index contributed by atoms with van der Waals surface area (Å²) in [5.41, 5.74) is 2.91. The van der Waals surface area contributed by atoms with Crippen LogP contribution in [0.2, 0.25) is 0 Å². The highest BCUT2D eigenvalue weighted by molar-refractivity contribution is 6.05. The fraction of sp³-hybridized carbons (Fsp3) is 0.167. The summed E-state index contributed by atoms with van der Waals surface area (Å²) in [5, 5.41) is 17.1. The number of benzene rings is 2. The van der Waals surface area contributed by atoms with Crippen LogP contribution < -0.4 is 10.6 Å². The van der Waals surface area contributed by atoms with E-state index in [1.165, 1.54) is 0 Å². The third-order valence-electron chi connectivity index (χ3n) is 4.32. The normalized spacial score (nSPS) is 15.9. The third-order valence-corrected chi connectivity index (χ3v) is 4.32. The van der Waals surface area contributed by atoms with E-state index in [4.69, 9.17) is 0 Å². The number of carbonyl (C=O) groups is 2. The van der Waals surface area contributed by atoms with Gasteiger partial charge in [-0.05, 0) is 34.2 Å². The number of para-hydroxylation sites is 1. The van der Waals surface area contributed by atoms with Crippen LogP contribution >= 0.6 is 0 Å². The molecule has 8 heteroatoms. The predicted molar refractivity (Wildman–Crippen MR) is 95.3 cm³/mol. The Kier molecular flexibility index (Phi) is 3.92. The number of fused-ring (bicyclic) bond motifs is 1. The van der Waals surface area contributed by atoms with Gasteiger partial charge in [-0.25, -0.2) is 4.68 Å². The van der Waals surface area contributed by atoms with E-state index < -0.39 is 5.92 Å². The molecule has 2 heterocycles. The number of anilines is 2. The lowest BCUT2D eigenvalue weighted by Crippen LogP contribution is -2.30. The van der Waals surface area contributed by atoms with Gasteiger partial charge in [0.05, 0.1) is 5.92 Å². The lowest BCUT2D eigenvalue weighted by molar-refractivity contribution is -0.123. The minimum absolute atomic E-state index is 0.121. The van der Waals surface area contributed by atoms with Crippen LogP contribution in [-0.4, -0.2) is 32.0 Å². The van der Waals surface area contributed by atoms with Gasteiger partial charge in [-0.15, -0.1) is 5.10 Å². The molecule has 1 aliphatic rings. The summed E-state index contributed by atoms with van der Waals surface area (Å²) in [6, 6.07) is 14.6. The number of hydrogen-bond acceptors (Lipinski definition) is 5. The molecular weight excluding hydrogens is 332 g/mol. The van der Waals surface area contributed by atoms with Crippen molar-refractivity contribution in [1.82, 2.24) is 20.2 Å². The highest BCUT2D eigenvalue weighted by atomic mass is 16.2. The van der Waals surface area contributed by atoms with Gasteiger partial charge in [0, 0.05) is 30.4 Å². The molecule has 1 atom stereocenters. The van der Waals surface area contributed by atoms with Gasteiger partial charge in [0.15, 0.2) is 5.82 Å². The highest BCUT2D eigenvalue weighted by Crippen LogP contribution is 2.33. The maximum absolute atomic E-state index is 12.8. The lowest BCUT2D eigenvalue weighted by atomic mass is 9.90. The van der Waals surface area contributed by atoms with E-state index in [-0.39, 0.29) is 18.2 Å². The third kappa shape index (κ3) is 2.92. The van der Waals surface area contributed by atoms with E-state index >= 15 is 0 Å². The van der Waals surface area contributed by atoms with Gasteiger partial charge in [-0.3, -0.25) is 9.59 Å². The molecule has 0 spiro atoms. The fourth-order valence-corrected chi connectivity index (χ4v) is 3.08. The number of nitrogens with zero attached hydrogens (tertiary/aromatic N) is 4. The standard InChI is InChI=1S/C18H16N6O2/c1-24-17(21-22-23-24)11-5-4-6-12(9-11)19-18(26)14-10-16(25)20-15-8-3-2-7-13(14)15/h2-9,14H,10H2,1H3,(H,19,26)(H,20,25)/t14-/m0/s1. The highest BCUT2D eigenvalue weighted by Gasteiger charge is 2.30. The maximum atomic E-state index is 12.8. The zero-order valence-electron chi connectivity index (χ0n) is 14.0. The zero-order chi connectivity index (χ0) is 18.1. The number of aryl methyl sites for hydroxylation is 1. The molecule has 1 aromatic heterocycles. The van der Waals surface area contributed by atoms with Crippen molar-refractivity contribution in [3.8, 4) is 11.4 Å². The van der Waals surface area contributed by atoms with Crippen molar-refractivity contribution >= 4 is 23.2 Å². The zero-order valence-corrected chi connectivity index (χ0v) is 14.0. The van der Waals surface area contributed by atoms with Crippen LogP contribution in [0.1, 0.15) is 17.9 Å². The molecule has 0 saturated heterocycles. The minimum atomic E-state index is -0.528. The molecule has 3 aromatic rings. The van der Waals surface area contributed by atoms with Gasteiger partial charge in [-0.2, -0.15) is 0 Å². The molecule has 0 fully saturated rings. The number of hydrogen-bond donors (Lipinski definition) is 2. The molecule has 0 aliphatic carbocycles. The van der Waals surface area contributed by atoms with Gasteiger partial charge in [0.2, 0.25) is 11.8 Å². The topological polar surface area (TPSA) is 102 Å². The number of amides is 2. The van der Waals surface area contributed by atoms with Crippen LogP contribution in [0.25, 0.3) is 11.4 Å². The number of carbonyl (C=O) groups excluding carboxylic acids is 2. The number of aromatic nitrogens is 4. The first-order valence-electron chi connectivity index (χ1n) is 8.14. The Balaban J connectivity index is 1.60. The summed E-state index contributed by atoms with van der Waals surface area (Å²) in [6.45, 7) is 0. The van der Waals surface area contributed by atoms with Crippen molar-refractivity contribution < 1.29 is 9.59 Å². The molecule has 2 aromatic carbocycles. The second-order valence-electron chi connectivity index (χ2n) is 6.09. The van der Waals surface area contributed by atoms with Gasteiger partial charge < -0.3 is 10.6 Å². The minimum Gasteiger partial charge on any atom is -0.326 e. The summed E-state index contributed by atoms with van der Waals surface area (Å²) < 4.78 is 1.56. The molecule has 2 N–H and O–H groups in total. The molecule has 0 saturated carbocycles. The Morgan fingerprint density at radius 3 is 2.88 bits per heavy atom. The molecule has 130 valence electrons. The van der Waals surface area contributed by atoms with Crippen LogP contribution in [0.15, 0.2) is 48.5 Å². The average Bonchev–Trinajstić information content (AvgIpc) is 3.07. The van der Waals surface area contributed by atoms with Crippen LogP contribution in [-0.2, 0) is 16.6 Å². The summed E-state index contributed by atoms with van der Waals surface area (Å²) in [7, 11) is 1.75. The Labute approximate surface area is 149 Å². The monoisotopic (exact) mass is 348 g/mol. The van der Waals surface area contributed by atoms with Crippen molar-refractivity contribution in [2.24, 2.45) is 7.05 Å². The summed E-state index contributed by atoms with van der Waals surface area (Å²) in [4.78, 5) is 24.7. The largest absolute Gasteiger partial charge is 0.326 e. The van der Waals surface area contributed by atoms with E-state index in [1.807, 2.05) is 30.3 Å². The molecule has 0 bridgehead atoms. The molecule has 0 radical (unpaired) electrons. The first-order chi connectivity index (χ1) is 12.6. The van der Waals surface area contributed by atoms with Gasteiger partial charge in [0.25, 0.3) is 0 Å². The quantitative estimate of drug-likeness (QED) is 0.753. The van der Waals surface area contributed by atoms with Crippen molar-refractivity contribution in [3.05, 3.63) is 54.1 Å². The van der Waals surface area contributed by atoms with E-state index in [2.05, 4.69) is 26.2 Å². The van der Waals surface area contributed by atoms with E-state index in [9.17, 15) is 9.59 Å². The summed E-state index contributed by atoms with van der Waals surface area (Å²) >= 11 is 0. The van der Waals surface area contributed by atoms with Gasteiger partial charge >= 0.3 is 0 Å². The number of nitrogens with one attached hydrogen (secondary N) is 2. The Morgan fingerprint density at radius 2 is 2.08 bits per heavy atom. The first-order valence-corrected chi connectivity index (χ1v) is 8.14. The maximum Gasteiger partial charge on any atom is 0.232 e. The van der Waals surface area contributed by atoms with Crippen LogP contribution in [0.4, 0.5) is 11.4 Å². The molecule has 1 aliphatic heterocycles. The molecular formula is C18H16N6O2. The SMILES string of the molecule is Cn1nnnc1-c1cccc(NC(=O)[C@H]2CC(=O)Nc3ccccc32)c1. The molecule has 0 unspecified atom stereocenters. The number of tetrazole rings is 1. The summed E-state index contributed by atoms with van der Waals surface area (Å²) in [5.74, 6) is -0.313. The summed E-state index contributed by atoms with van der Waals surface area (Å²) in [6.07, 6.45) is 0.121. The lowest BCUT2D eigenvalue weighted by Gasteiger charge is -2.24. The first kappa shape index (κ1) is 15.9. The van der Waals surface area contributed by atoms with Crippen LogP contribution in [0.3, 0.4) is 0 Å². The Morgan fingerprint density at radius 1 is 1.23 bits per heavy atom. The average molecular weight is 348 g/mol. The van der Waals surface area contributed by atoms with E-state index in [0.717, 1.165) is 11.1 Å². The van der Waals surface area contributed by atoms with Crippen molar-refractivity contribution in [1.29, 1.82) is 0 Å². The van der Waals surface area contributed by atoms with Crippen molar-refractivity contribution in [2.45, 2.75) is 12.3 Å². The Hall–Kier alpha value is -3.55. The molecule has 26 heavy (non-hydrogen) atoms. The van der Waals surface area contributed by atoms with Crippen molar-refractivity contribution in [2.75, 3.05) is 10.6 Å². The number of rotatable bonds is 3. The van der Waals surface area contributed by atoms with Crippen molar-refractivity contribution in [3.63, 3.8) is 0 Å². The molecule has 2 amide bonds. The Bertz CT molecular complexity index is 997. The van der Waals surface area contributed by atoms with E-state index in [1.54, 1.807) is 29.9 Å². The van der Waals surface area contributed by atoms with Gasteiger partial charge in [0.1, 0.15) is 0 Å². The second kappa shape index (κ2) is 6.40. The fourth-order valence-electron chi connectivity index (χ4n) is 3.08. The van der Waals surface area contributed by atoms with Crippen LogP contribution in [0, 0.1) is 0 Å². The molecule has 8 nitrogen and oxygen atoms in total. The molecule has 4 rings (SSSR count). The smallest absolute Gasteiger partial charge is 0.232 e. The van der Waals surface area contributed by atoms with Gasteiger partial charge in [-0.1, -0.05) is 30.3 Å². The van der Waals surface area contributed by atoms with Crippen LogP contribution in [0.5, 0.6) is 0 Å². The second-order valence-corrected chi connectivity index (χ2v) is 6.09. The van der Waals surface area contributed by atoms with E-state index in [0.29, 0.717) is 17.2 Å².